The van der Waals surface area contributed by atoms with Crippen molar-refractivity contribution in [1.29, 1.82) is 0 Å². The van der Waals surface area contributed by atoms with E-state index >= 15 is 0 Å². The van der Waals surface area contributed by atoms with Crippen LogP contribution in [0, 0.1) is 5.92 Å². The number of ether oxygens (including phenoxy) is 1. The third-order valence-electron chi connectivity index (χ3n) is 5.11. The monoisotopic (exact) mass is 362 g/mol. The molecule has 0 heterocycles. The summed E-state index contributed by atoms with van der Waals surface area (Å²) in [6.45, 7) is 3.76. The van der Waals surface area contributed by atoms with Crippen molar-refractivity contribution in [2.45, 2.75) is 46.1 Å². The van der Waals surface area contributed by atoms with Crippen LogP contribution in [-0.4, -0.2) is 11.8 Å². The maximum absolute atomic E-state index is 12.6. The van der Waals surface area contributed by atoms with Gasteiger partial charge in [0, 0.05) is 5.56 Å². The first-order valence-electron chi connectivity index (χ1n) is 9.68. The summed E-state index contributed by atoms with van der Waals surface area (Å²) in [5.74, 6) is -1.17. The van der Waals surface area contributed by atoms with Crippen molar-refractivity contribution in [3.8, 4) is 0 Å². The highest BCUT2D eigenvalue weighted by Crippen LogP contribution is 2.29. The van der Waals surface area contributed by atoms with Crippen LogP contribution in [0.15, 0.2) is 54.6 Å². The second-order valence-electron chi connectivity index (χ2n) is 7.06. The molecule has 0 amide bonds. The van der Waals surface area contributed by atoms with Gasteiger partial charge in [-0.3, -0.25) is 9.59 Å². The maximum atomic E-state index is 12.6. The van der Waals surface area contributed by atoms with E-state index in [-0.39, 0.29) is 12.4 Å². The smallest absolute Gasteiger partial charge is 0.316 e. The summed E-state index contributed by atoms with van der Waals surface area (Å²) in [7, 11) is 0. The third-order valence-corrected chi connectivity index (χ3v) is 5.11. The summed E-state index contributed by atoms with van der Waals surface area (Å²) >= 11 is 0. The predicted octanol–water partition coefficient (Wildman–Crippen LogP) is 5.82. The molecule has 3 aromatic rings. The van der Waals surface area contributed by atoms with Crippen molar-refractivity contribution in [2.75, 3.05) is 0 Å². The van der Waals surface area contributed by atoms with Gasteiger partial charge in [0.1, 0.15) is 18.3 Å². The van der Waals surface area contributed by atoms with Crippen LogP contribution in [0.1, 0.15) is 45.1 Å². The topological polar surface area (TPSA) is 43.4 Å². The molecule has 3 heteroatoms. The summed E-state index contributed by atoms with van der Waals surface area (Å²) in [6.07, 6.45) is 3.51. The molecule has 1 unspecified atom stereocenters. The maximum Gasteiger partial charge on any atom is 0.316 e. The minimum absolute atomic E-state index is 0.112. The molecule has 0 aliphatic carbocycles. The average Bonchev–Trinajstić information content (AvgIpc) is 2.68. The second-order valence-corrected chi connectivity index (χ2v) is 7.06. The number of unbranched alkanes of at least 4 members (excludes halogenated alkanes) is 2. The van der Waals surface area contributed by atoms with Gasteiger partial charge in [-0.1, -0.05) is 74.7 Å². The van der Waals surface area contributed by atoms with E-state index in [0.29, 0.717) is 6.42 Å². The van der Waals surface area contributed by atoms with Crippen molar-refractivity contribution in [3.63, 3.8) is 0 Å². The number of esters is 1. The molecule has 0 saturated heterocycles. The molecule has 0 radical (unpaired) electrons. The van der Waals surface area contributed by atoms with Crippen LogP contribution in [0.4, 0.5) is 0 Å². The van der Waals surface area contributed by atoms with Crippen LogP contribution in [-0.2, 0) is 20.9 Å². The molecule has 0 aliphatic rings. The van der Waals surface area contributed by atoms with Crippen LogP contribution in [0.2, 0.25) is 0 Å². The molecule has 0 bridgehead atoms. The molecular weight excluding hydrogens is 336 g/mol. The minimum Gasteiger partial charge on any atom is -0.460 e. The van der Waals surface area contributed by atoms with Gasteiger partial charge in [-0.05, 0) is 41.0 Å². The number of rotatable bonds is 8. The molecule has 1 atom stereocenters. The quantitative estimate of drug-likeness (QED) is 0.219. The van der Waals surface area contributed by atoms with Crippen LogP contribution in [0.25, 0.3) is 21.5 Å². The van der Waals surface area contributed by atoms with Crippen LogP contribution < -0.4 is 0 Å². The van der Waals surface area contributed by atoms with E-state index in [1.165, 1.54) is 6.92 Å². The zero-order chi connectivity index (χ0) is 19.2. The number of ketones is 1. The highest BCUT2D eigenvalue weighted by molar-refractivity contribution is 6.02. The highest BCUT2D eigenvalue weighted by atomic mass is 16.5. The van der Waals surface area contributed by atoms with Crippen molar-refractivity contribution in [2.24, 2.45) is 5.92 Å². The van der Waals surface area contributed by atoms with Crippen molar-refractivity contribution < 1.29 is 14.3 Å². The zero-order valence-corrected chi connectivity index (χ0v) is 16.0. The van der Waals surface area contributed by atoms with E-state index < -0.39 is 11.9 Å². The molecule has 3 rings (SSSR count). The first-order chi connectivity index (χ1) is 13.1. The standard InChI is InChI=1S/C24H26O3/c1-3-4-5-12-20(17(2)25)24(26)27-16-23-21-13-8-6-10-18(21)15-19-11-7-9-14-22(19)23/h6-11,13-15,20H,3-5,12,16H2,1-2H3. The van der Waals surface area contributed by atoms with Gasteiger partial charge in [0.25, 0.3) is 0 Å². The largest absolute Gasteiger partial charge is 0.460 e. The van der Waals surface area contributed by atoms with E-state index in [0.717, 1.165) is 46.4 Å². The van der Waals surface area contributed by atoms with Gasteiger partial charge < -0.3 is 4.74 Å². The number of carbonyl (C=O) groups excluding carboxylic acids is 2. The Hall–Kier alpha value is -2.68. The summed E-state index contributed by atoms with van der Waals surface area (Å²) in [5.41, 5.74) is 0.993. The predicted molar refractivity (Wildman–Crippen MR) is 110 cm³/mol. The Balaban J connectivity index is 1.86. The summed E-state index contributed by atoms with van der Waals surface area (Å²) in [5, 5.41) is 4.39. The summed E-state index contributed by atoms with van der Waals surface area (Å²) < 4.78 is 5.64. The fourth-order valence-corrected chi connectivity index (χ4v) is 3.59. The lowest BCUT2D eigenvalue weighted by Gasteiger charge is -2.15. The molecule has 0 aliphatic heterocycles. The number of hydrogen-bond acceptors (Lipinski definition) is 3. The lowest BCUT2D eigenvalue weighted by Crippen LogP contribution is -2.24. The SMILES string of the molecule is CCCCCC(C(C)=O)C(=O)OCc1c2ccccc2cc2ccccc12. The molecule has 0 spiro atoms. The zero-order valence-electron chi connectivity index (χ0n) is 16.0. The Labute approximate surface area is 160 Å². The Bertz CT molecular complexity index is 904. The normalized spacial score (nSPS) is 12.2. The van der Waals surface area contributed by atoms with Crippen LogP contribution in [0.5, 0.6) is 0 Å². The molecule has 0 aromatic heterocycles. The van der Waals surface area contributed by atoms with Gasteiger partial charge >= 0.3 is 5.97 Å². The van der Waals surface area contributed by atoms with E-state index in [1.807, 2.05) is 24.3 Å². The van der Waals surface area contributed by atoms with E-state index in [2.05, 4.69) is 37.3 Å². The number of carbonyl (C=O) groups is 2. The van der Waals surface area contributed by atoms with E-state index in [4.69, 9.17) is 4.74 Å². The van der Waals surface area contributed by atoms with E-state index in [1.54, 1.807) is 0 Å². The minimum atomic E-state index is -0.655. The molecule has 0 N–H and O–H groups in total. The highest BCUT2D eigenvalue weighted by Gasteiger charge is 2.24. The molecule has 27 heavy (non-hydrogen) atoms. The molecule has 3 nitrogen and oxygen atoms in total. The van der Waals surface area contributed by atoms with Crippen LogP contribution in [0.3, 0.4) is 0 Å². The number of hydrogen-bond donors (Lipinski definition) is 0. The number of fused-ring (bicyclic) bond motifs is 2. The van der Waals surface area contributed by atoms with Gasteiger partial charge in [-0.15, -0.1) is 0 Å². The number of benzene rings is 3. The Kier molecular flexibility index (Phi) is 6.23. The third kappa shape index (κ3) is 4.36. The molecular formula is C24H26O3. The first kappa shape index (κ1) is 19.1. The lowest BCUT2D eigenvalue weighted by atomic mass is 9.96. The first-order valence-corrected chi connectivity index (χ1v) is 9.68. The Morgan fingerprint density at radius 1 is 0.926 bits per heavy atom. The molecule has 3 aromatic carbocycles. The van der Waals surface area contributed by atoms with Gasteiger partial charge in [-0.2, -0.15) is 0 Å². The fourth-order valence-electron chi connectivity index (χ4n) is 3.59. The lowest BCUT2D eigenvalue weighted by molar-refractivity contribution is -0.153. The Morgan fingerprint density at radius 3 is 2.07 bits per heavy atom. The van der Waals surface area contributed by atoms with Crippen molar-refractivity contribution in [3.05, 3.63) is 60.2 Å². The Morgan fingerprint density at radius 2 is 1.52 bits per heavy atom. The fraction of sp³-hybridized carbons (Fsp3) is 0.333. The van der Waals surface area contributed by atoms with Crippen molar-refractivity contribution in [1.82, 2.24) is 0 Å². The average molecular weight is 362 g/mol. The molecule has 140 valence electrons. The number of Topliss-reactive ketones (excluding diaryl/α,β-unsaturated/α-hetero) is 1. The van der Waals surface area contributed by atoms with E-state index in [9.17, 15) is 9.59 Å². The van der Waals surface area contributed by atoms with Gasteiger partial charge in [0.15, 0.2) is 0 Å². The molecule has 0 saturated carbocycles. The second kappa shape index (κ2) is 8.81. The van der Waals surface area contributed by atoms with Crippen molar-refractivity contribution >= 4 is 33.3 Å². The van der Waals surface area contributed by atoms with Gasteiger partial charge in [0.2, 0.25) is 0 Å². The van der Waals surface area contributed by atoms with Crippen LogP contribution >= 0.6 is 0 Å². The molecule has 0 fully saturated rings. The summed E-state index contributed by atoms with van der Waals surface area (Å²) in [6, 6.07) is 18.4. The van der Waals surface area contributed by atoms with Gasteiger partial charge in [-0.25, -0.2) is 0 Å². The van der Waals surface area contributed by atoms with Gasteiger partial charge in [0.05, 0.1) is 0 Å². The summed E-state index contributed by atoms with van der Waals surface area (Å²) in [4.78, 5) is 24.5.